The minimum absolute atomic E-state index is 0. The molecule has 0 aliphatic rings. The highest BCUT2D eigenvalue weighted by Gasteiger charge is 2.15. The van der Waals surface area contributed by atoms with Crippen molar-refractivity contribution in [1.82, 2.24) is 15.5 Å². The number of ether oxygens (including phenoxy) is 1. The first-order chi connectivity index (χ1) is 14.8. The third-order valence-electron chi connectivity index (χ3n) is 4.77. The second-order valence-electron chi connectivity index (χ2n) is 8.28. The number of carbonyl (C=O) groups excluding carboxylic acids is 1. The van der Waals surface area contributed by atoms with E-state index in [4.69, 9.17) is 4.74 Å². The maximum Gasteiger partial charge on any atom is 0.253 e. The molecule has 2 N–H and O–H groups in total. The summed E-state index contributed by atoms with van der Waals surface area (Å²) in [5, 5.41) is 6.66. The number of nitrogens with zero attached hydrogens (tertiary/aromatic N) is 2. The minimum Gasteiger partial charge on any atom is -0.488 e. The number of amides is 1. The summed E-state index contributed by atoms with van der Waals surface area (Å²) < 4.78 is 6.06. The van der Waals surface area contributed by atoms with Crippen LogP contribution in [0.25, 0.3) is 0 Å². The number of benzene rings is 2. The molecule has 32 heavy (non-hydrogen) atoms. The van der Waals surface area contributed by atoms with Crippen molar-refractivity contribution in [3.05, 3.63) is 65.2 Å². The summed E-state index contributed by atoms with van der Waals surface area (Å²) in [5.41, 5.74) is 2.61. The quantitative estimate of drug-likeness (QED) is 0.280. The van der Waals surface area contributed by atoms with E-state index in [9.17, 15) is 4.79 Å². The fourth-order valence-corrected chi connectivity index (χ4v) is 3.12. The normalized spacial score (nSPS) is 11.4. The third-order valence-corrected chi connectivity index (χ3v) is 4.77. The maximum atomic E-state index is 12.4. The van der Waals surface area contributed by atoms with Crippen LogP contribution < -0.4 is 15.4 Å². The second-order valence-corrected chi connectivity index (χ2v) is 8.28. The van der Waals surface area contributed by atoms with Gasteiger partial charge in [-0.2, -0.15) is 0 Å². The first-order valence-corrected chi connectivity index (χ1v) is 10.9. The number of hydrogen-bond donors (Lipinski definition) is 2. The average Bonchev–Trinajstić information content (AvgIpc) is 2.75. The Labute approximate surface area is 209 Å². The van der Waals surface area contributed by atoms with Gasteiger partial charge in [-0.3, -0.25) is 9.79 Å². The third kappa shape index (κ3) is 8.68. The summed E-state index contributed by atoms with van der Waals surface area (Å²) in [5.74, 6) is 1.64. The first-order valence-electron chi connectivity index (χ1n) is 10.9. The molecule has 0 heterocycles. The van der Waals surface area contributed by atoms with Gasteiger partial charge >= 0.3 is 0 Å². The summed E-state index contributed by atoms with van der Waals surface area (Å²) in [4.78, 5) is 18.6. The van der Waals surface area contributed by atoms with Crippen molar-refractivity contribution in [1.29, 1.82) is 0 Å². The van der Waals surface area contributed by atoms with Gasteiger partial charge in [0.2, 0.25) is 0 Å². The van der Waals surface area contributed by atoms with Crippen LogP contribution in [0.2, 0.25) is 0 Å². The van der Waals surface area contributed by atoms with Crippen LogP contribution in [0.5, 0.6) is 5.75 Å². The van der Waals surface area contributed by atoms with Crippen molar-refractivity contribution >= 4 is 35.8 Å². The molecular weight excluding hydrogens is 515 g/mol. The van der Waals surface area contributed by atoms with Crippen molar-refractivity contribution in [2.45, 2.75) is 53.3 Å². The molecule has 6 nitrogen and oxygen atoms in total. The largest absolute Gasteiger partial charge is 0.488 e. The lowest BCUT2D eigenvalue weighted by Crippen LogP contribution is -2.36. The van der Waals surface area contributed by atoms with Gasteiger partial charge in [0.1, 0.15) is 11.4 Å². The van der Waals surface area contributed by atoms with Crippen molar-refractivity contribution in [2.75, 3.05) is 20.1 Å². The molecule has 0 bridgehead atoms. The highest BCUT2D eigenvalue weighted by molar-refractivity contribution is 14.0. The molecule has 176 valence electrons. The molecule has 2 aromatic carbocycles. The highest BCUT2D eigenvalue weighted by Crippen LogP contribution is 2.22. The number of halogens is 1. The molecule has 0 saturated heterocycles. The Hall–Kier alpha value is -2.29. The Bertz CT molecular complexity index is 872. The van der Waals surface area contributed by atoms with Gasteiger partial charge in [-0.15, -0.1) is 24.0 Å². The zero-order valence-electron chi connectivity index (χ0n) is 20.1. The van der Waals surface area contributed by atoms with Crippen LogP contribution in [0.15, 0.2) is 53.5 Å². The summed E-state index contributed by atoms with van der Waals surface area (Å²) >= 11 is 0. The summed E-state index contributed by atoms with van der Waals surface area (Å²) in [6.45, 7) is 12.7. The van der Waals surface area contributed by atoms with E-state index < -0.39 is 0 Å². The van der Waals surface area contributed by atoms with Gasteiger partial charge in [0.05, 0.1) is 0 Å². The Morgan fingerprint density at radius 1 is 0.969 bits per heavy atom. The SMILES string of the molecule is CCN(CC)C(=O)c1ccc(CNC(=NC)NCc2ccccc2OC(C)(C)C)cc1.I. The monoisotopic (exact) mass is 552 g/mol. The molecule has 0 unspecified atom stereocenters. The van der Waals surface area contributed by atoms with Gasteiger partial charge in [-0.05, 0) is 58.4 Å². The van der Waals surface area contributed by atoms with E-state index in [1.807, 2.05) is 88.0 Å². The fraction of sp³-hybridized carbons (Fsp3) is 0.440. The molecule has 0 atom stereocenters. The summed E-state index contributed by atoms with van der Waals surface area (Å²) in [6.07, 6.45) is 0. The fourth-order valence-electron chi connectivity index (χ4n) is 3.12. The molecule has 0 saturated carbocycles. The van der Waals surface area contributed by atoms with Crippen LogP contribution in [0.1, 0.15) is 56.1 Å². The lowest BCUT2D eigenvalue weighted by Gasteiger charge is -2.23. The van der Waals surface area contributed by atoms with E-state index in [0.29, 0.717) is 37.7 Å². The Morgan fingerprint density at radius 3 is 2.12 bits per heavy atom. The smallest absolute Gasteiger partial charge is 0.253 e. The zero-order valence-corrected chi connectivity index (χ0v) is 22.4. The van der Waals surface area contributed by atoms with E-state index in [1.165, 1.54) is 0 Å². The maximum absolute atomic E-state index is 12.4. The van der Waals surface area contributed by atoms with Crippen molar-refractivity contribution < 1.29 is 9.53 Å². The van der Waals surface area contributed by atoms with E-state index in [-0.39, 0.29) is 35.5 Å². The van der Waals surface area contributed by atoms with Gasteiger partial charge in [-0.1, -0.05) is 30.3 Å². The lowest BCUT2D eigenvalue weighted by atomic mass is 10.1. The van der Waals surface area contributed by atoms with E-state index in [2.05, 4.69) is 15.6 Å². The molecule has 0 aliphatic heterocycles. The highest BCUT2D eigenvalue weighted by atomic mass is 127. The Morgan fingerprint density at radius 2 is 1.56 bits per heavy atom. The molecule has 0 aromatic heterocycles. The number of guanidine groups is 1. The molecule has 1 amide bonds. The molecule has 0 aliphatic carbocycles. The number of hydrogen-bond acceptors (Lipinski definition) is 3. The van der Waals surface area contributed by atoms with E-state index in [0.717, 1.165) is 16.9 Å². The molecule has 2 aromatic rings. The van der Waals surface area contributed by atoms with Gasteiger partial charge < -0.3 is 20.3 Å². The van der Waals surface area contributed by atoms with Crippen molar-refractivity contribution in [2.24, 2.45) is 4.99 Å². The van der Waals surface area contributed by atoms with Crippen LogP contribution >= 0.6 is 24.0 Å². The second kappa shape index (κ2) is 13.3. The zero-order chi connectivity index (χ0) is 22.9. The van der Waals surface area contributed by atoms with Crippen molar-refractivity contribution in [3.63, 3.8) is 0 Å². The molecule has 7 heteroatoms. The first kappa shape index (κ1) is 27.7. The van der Waals surface area contributed by atoms with E-state index in [1.54, 1.807) is 7.05 Å². The predicted octanol–water partition coefficient (Wildman–Crippen LogP) is 4.83. The van der Waals surface area contributed by atoms with E-state index >= 15 is 0 Å². The molecule has 0 spiro atoms. The van der Waals surface area contributed by atoms with Crippen LogP contribution in [0.3, 0.4) is 0 Å². The van der Waals surface area contributed by atoms with Crippen LogP contribution in [0.4, 0.5) is 0 Å². The predicted molar refractivity (Wildman–Crippen MR) is 143 cm³/mol. The minimum atomic E-state index is -0.255. The Balaban J connectivity index is 0.00000512. The van der Waals surface area contributed by atoms with Crippen molar-refractivity contribution in [3.8, 4) is 5.75 Å². The van der Waals surface area contributed by atoms with Crippen LogP contribution in [-0.2, 0) is 13.1 Å². The number of rotatable bonds is 8. The van der Waals surface area contributed by atoms with Gasteiger partial charge in [0.25, 0.3) is 5.91 Å². The average molecular weight is 553 g/mol. The number of carbonyl (C=O) groups is 1. The number of aliphatic imine (C=N–C) groups is 1. The summed E-state index contributed by atoms with van der Waals surface area (Å²) in [7, 11) is 1.75. The van der Waals surface area contributed by atoms with Gasteiger partial charge in [0.15, 0.2) is 5.96 Å². The molecule has 2 rings (SSSR count). The molecular formula is C25H37IN4O2. The van der Waals surface area contributed by atoms with Crippen LogP contribution in [0, 0.1) is 0 Å². The standard InChI is InChI=1S/C25H36N4O2.HI/c1-7-29(8-2)23(30)20-15-13-19(14-16-20)17-27-24(26-6)28-18-21-11-9-10-12-22(21)31-25(3,4)5;/h9-16H,7-8,17-18H2,1-6H3,(H2,26,27,28);1H. The van der Waals surface area contributed by atoms with Crippen LogP contribution in [-0.4, -0.2) is 42.5 Å². The Kier molecular flexibility index (Phi) is 11.5. The number of para-hydroxylation sites is 1. The molecule has 0 fully saturated rings. The topological polar surface area (TPSA) is 66.0 Å². The molecule has 0 radical (unpaired) electrons. The van der Waals surface area contributed by atoms with Gasteiger partial charge in [0, 0.05) is 44.4 Å². The summed E-state index contributed by atoms with van der Waals surface area (Å²) in [6, 6.07) is 15.7. The van der Waals surface area contributed by atoms with Gasteiger partial charge in [-0.25, -0.2) is 0 Å². The number of nitrogens with one attached hydrogen (secondary N) is 2. The lowest BCUT2D eigenvalue weighted by molar-refractivity contribution is 0.0773.